The zero-order valence-electron chi connectivity index (χ0n) is 18.9. The van der Waals surface area contributed by atoms with Gasteiger partial charge < -0.3 is 20.1 Å². The van der Waals surface area contributed by atoms with Crippen molar-refractivity contribution < 1.29 is 23.5 Å². The Morgan fingerprint density at radius 3 is 2.31 bits per heavy atom. The molecule has 3 aromatic rings. The normalized spacial score (nSPS) is 10.8. The van der Waals surface area contributed by atoms with Crippen LogP contribution in [0.1, 0.15) is 11.1 Å². The van der Waals surface area contributed by atoms with Gasteiger partial charge in [-0.05, 0) is 67.1 Å². The number of anilines is 2. The number of rotatable bonds is 8. The average molecular weight is 494 g/mol. The topological polar surface area (TPSA) is 100 Å². The lowest BCUT2D eigenvalue weighted by Gasteiger charge is -2.13. The number of nitriles is 1. The minimum atomic E-state index is -0.579. The molecule has 7 nitrogen and oxygen atoms in total. The molecule has 0 spiro atoms. The fourth-order valence-electron chi connectivity index (χ4n) is 2.98. The van der Waals surface area contributed by atoms with Crippen LogP contribution in [0.2, 0.25) is 5.02 Å². The molecule has 178 valence electrons. The number of nitrogens with zero attached hydrogens (tertiary/aromatic N) is 1. The molecule has 0 radical (unpaired) electrons. The van der Waals surface area contributed by atoms with Crippen molar-refractivity contribution >= 4 is 40.9 Å². The van der Waals surface area contributed by atoms with E-state index in [-0.39, 0.29) is 28.7 Å². The van der Waals surface area contributed by atoms with Gasteiger partial charge in [-0.3, -0.25) is 9.59 Å². The van der Waals surface area contributed by atoms with Crippen LogP contribution < -0.4 is 20.1 Å². The molecular formula is C26H21ClFN3O4. The number of hydrogen-bond donors (Lipinski definition) is 2. The quantitative estimate of drug-likeness (QED) is 0.325. The SMILES string of the molecule is COc1cc(C=C(C#N)C(=O)Nc2ccc(C)cc2)cc(Cl)c1OCC(=O)Nc1ccc(F)cc1. The molecule has 0 aromatic heterocycles. The maximum Gasteiger partial charge on any atom is 0.266 e. The van der Waals surface area contributed by atoms with Crippen molar-refractivity contribution in [3.63, 3.8) is 0 Å². The molecule has 35 heavy (non-hydrogen) atoms. The van der Waals surface area contributed by atoms with Crippen LogP contribution in [-0.4, -0.2) is 25.5 Å². The van der Waals surface area contributed by atoms with E-state index in [1.165, 1.54) is 49.6 Å². The number of methoxy groups -OCH3 is 1. The first-order chi connectivity index (χ1) is 16.8. The number of amides is 2. The van der Waals surface area contributed by atoms with Crippen molar-refractivity contribution in [2.75, 3.05) is 24.4 Å². The van der Waals surface area contributed by atoms with Gasteiger partial charge in [-0.2, -0.15) is 5.26 Å². The minimum Gasteiger partial charge on any atom is -0.493 e. The Morgan fingerprint density at radius 1 is 1.06 bits per heavy atom. The van der Waals surface area contributed by atoms with Crippen molar-refractivity contribution in [1.29, 1.82) is 5.26 Å². The van der Waals surface area contributed by atoms with Crippen LogP contribution in [0.4, 0.5) is 15.8 Å². The van der Waals surface area contributed by atoms with Gasteiger partial charge in [-0.15, -0.1) is 0 Å². The summed E-state index contributed by atoms with van der Waals surface area (Å²) in [5, 5.41) is 14.8. The van der Waals surface area contributed by atoms with Crippen LogP contribution in [0.5, 0.6) is 11.5 Å². The summed E-state index contributed by atoms with van der Waals surface area (Å²) in [5.74, 6) is -1.17. The number of carbonyl (C=O) groups excluding carboxylic acids is 2. The number of hydrogen-bond acceptors (Lipinski definition) is 5. The Balaban J connectivity index is 1.72. The third kappa shape index (κ3) is 7.06. The predicted molar refractivity (Wildman–Crippen MR) is 132 cm³/mol. The van der Waals surface area contributed by atoms with Gasteiger partial charge in [-0.25, -0.2) is 4.39 Å². The molecule has 0 heterocycles. The van der Waals surface area contributed by atoms with E-state index in [0.717, 1.165) is 5.56 Å². The molecule has 0 atom stereocenters. The Morgan fingerprint density at radius 2 is 1.69 bits per heavy atom. The molecule has 0 bridgehead atoms. The first-order valence-corrected chi connectivity index (χ1v) is 10.7. The average Bonchev–Trinajstić information content (AvgIpc) is 2.84. The molecule has 0 aliphatic rings. The highest BCUT2D eigenvalue weighted by Gasteiger charge is 2.16. The van der Waals surface area contributed by atoms with E-state index >= 15 is 0 Å². The number of ether oxygens (including phenoxy) is 2. The number of benzene rings is 3. The summed E-state index contributed by atoms with van der Waals surface area (Å²) in [7, 11) is 1.39. The molecule has 0 saturated heterocycles. The maximum absolute atomic E-state index is 13.0. The van der Waals surface area contributed by atoms with Gasteiger partial charge in [0.05, 0.1) is 12.1 Å². The van der Waals surface area contributed by atoms with E-state index in [9.17, 15) is 19.2 Å². The van der Waals surface area contributed by atoms with E-state index in [0.29, 0.717) is 16.9 Å². The van der Waals surface area contributed by atoms with Crippen molar-refractivity contribution in [2.45, 2.75) is 6.92 Å². The third-order valence-corrected chi connectivity index (χ3v) is 4.99. The molecule has 3 rings (SSSR count). The Hall–Kier alpha value is -4.35. The molecule has 3 aromatic carbocycles. The Kier molecular flexibility index (Phi) is 8.43. The van der Waals surface area contributed by atoms with E-state index < -0.39 is 17.6 Å². The van der Waals surface area contributed by atoms with Gasteiger partial charge >= 0.3 is 0 Å². The first-order valence-electron chi connectivity index (χ1n) is 10.3. The zero-order valence-corrected chi connectivity index (χ0v) is 19.7. The molecule has 2 N–H and O–H groups in total. The summed E-state index contributed by atoms with van der Waals surface area (Å²) < 4.78 is 23.8. The molecule has 0 fully saturated rings. The van der Waals surface area contributed by atoms with Crippen molar-refractivity contribution in [1.82, 2.24) is 0 Å². The van der Waals surface area contributed by atoms with Crippen LogP contribution in [0.3, 0.4) is 0 Å². The molecule has 0 aliphatic heterocycles. The second-order valence-corrected chi connectivity index (χ2v) is 7.78. The second-order valence-electron chi connectivity index (χ2n) is 7.37. The van der Waals surface area contributed by atoms with E-state index in [2.05, 4.69) is 10.6 Å². The monoisotopic (exact) mass is 493 g/mol. The lowest BCUT2D eigenvalue weighted by atomic mass is 10.1. The number of aryl methyl sites for hydroxylation is 1. The standard InChI is InChI=1S/C26H21ClFN3O4/c1-16-3-7-21(8-4-16)31-26(33)18(14-29)11-17-12-22(27)25(23(13-17)34-2)35-15-24(32)30-20-9-5-19(28)6-10-20/h3-13H,15H2,1-2H3,(H,30,32)(H,31,33). The number of nitrogens with one attached hydrogen (secondary N) is 2. The summed E-state index contributed by atoms with van der Waals surface area (Å²) in [6.07, 6.45) is 1.36. The van der Waals surface area contributed by atoms with E-state index in [1.54, 1.807) is 12.1 Å². The van der Waals surface area contributed by atoms with Crippen molar-refractivity contribution in [2.24, 2.45) is 0 Å². The maximum atomic E-state index is 13.0. The zero-order chi connectivity index (χ0) is 25.4. The van der Waals surface area contributed by atoms with Gasteiger partial charge in [-0.1, -0.05) is 29.3 Å². The summed E-state index contributed by atoms with van der Waals surface area (Å²) in [4.78, 5) is 24.7. The van der Waals surface area contributed by atoms with Crippen LogP contribution in [0.15, 0.2) is 66.2 Å². The number of halogens is 2. The van der Waals surface area contributed by atoms with Gasteiger partial charge in [0.1, 0.15) is 17.5 Å². The Labute approximate surface area is 206 Å². The van der Waals surface area contributed by atoms with Crippen LogP contribution in [-0.2, 0) is 9.59 Å². The lowest BCUT2D eigenvalue weighted by molar-refractivity contribution is -0.118. The highest BCUT2D eigenvalue weighted by molar-refractivity contribution is 6.32. The predicted octanol–water partition coefficient (Wildman–Crippen LogP) is 5.36. The molecule has 9 heteroatoms. The molecule has 0 aliphatic carbocycles. The lowest BCUT2D eigenvalue weighted by Crippen LogP contribution is -2.20. The number of carbonyl (C=O) groups is 2. The van der Waals surface area contributed by atoms with Crippen LogP contribution in [0, 0.1) is 24.1 Å². The largest absolute Gasteiger partial charge is 0.493 e. The highest BCUT2D eigenvalue weighted by Crippen LogP contribution is 2.37. The van der Waals surface area contributed by atoms with Gasteiger partial charge in [0.2, 0.25) is 0 Å². The molecule has 0 saturated carbocycles. The summed E-state index contributed by atoms with van der Waals surface area (Å²) in [6, 6.07) is 17.3. The molecular weight excluding hydrogens is 473 g/mol. The van der Waals surface area contributed by atoms with Crippen LogP contribution in [0.25, 0.3) is 6.08 Å². The van der Waals surface area contributed by atoms with E-state index in [4.69, 9.17) is 21.1 Å². The van der Waals surface area contributed by atoms with Crippen molar-refractivity contribution in [3.05, 3.63) is 88.2 Å². The summed E-state index contributed by atoms with van der Waals surface area (Å²) in [6.45, 7) is 1.54. The second kappa shape index (κ2) is 11.7. The molecule has 0 unspecified atom stereocenters. The van der Waals surface area contributed by atoms with Gasteiger partial charge in [0, 0.05) is 11.4 Å². The summed E-state index contributed by atoms with van der Waals surface area (Å²) in [5.41, 5.74) is 2.28. The fraction of sp³-hybridized carbons (Fsp3) is 0.115. The first kappa shape index (κ1) is 25.3. The molecule has 2 amide bonds. The Bertz CT molecular complexity index is 1300. The third-order valence-electron chi connectivity index (χ3n) is 4.71. The van der Waals surface area contributed by atoms with E-state index in [1.807, 2.05) is 25.1 Å². The van der Waals surface area contributed by atoms with Gasteiger partial charge in [0.15, 0.2) is 18.1 Å². The smallest absolute Gasteiger partial charge is 0.266 e. The summed E-state index contributed by atoms with van der Waals surface area (Å²) >= 11 is 6.33. The van der Waals surface area contributed by atoms with Crippen LogP contribution >= 0.6 is 11.6 Å². The van der Waals surface area contributed by atoms with Gasteiger partial charge in [0.25, 0.3) is 11.8 Å². The minimum absolute atomic E-state index is 0.112. The fourth-order valence-corrected chi connectivity index (χ4v) is 3.26. The highest BCUT2D eigenvalue weighted by atomic mass is 35.5. The van der Waals surface area contributed by atoms with Crippen molar-refractivity contribution in [3.8, 4) is 17.6 Å².